The van der Waals surface area contributed by atoms with Crippen LogP contribution in [-0.4, -0.2) is 0 Å². The molecule has 13 aromatic carbocycles. The van der Waals surface area contributed by atoms with Crippen molar-refractivity contribution in [2.24, 2.45) is 0 Å². The summed E-state index contributed by atoms with van der Waals surface area (Å²) in [6.07, 6.45) is 0. The van der Waals surface area contributed by atoms with Crippen LogP contribution in [0.3, 0.4) is 0 Å². The summed E-state index contributed by atoms with van der Waals surface area (Å²) in [7, 11) is 0. The van der Waals surface area contributed by atoms with Crippen LogP contribution in [0.4, 0.5) is 17.1 Å². The van der Waals surface area contributed by atoms with Crippen molar-refractivity contribution in [3.8, 4) is 56.0 Å². The summed E-state index contributed by atoms with van der Waals surface area (Å²) < 4.78 is 6.83. The van der Waals surface area contributed by atoms with Crippen LogP contribution < -0.4 is 9.64 Å². The summed E-state index contributed by atoms with van der Waals surface area (Å²) >= 11 is 1.89. The Kier molecular flexibility index (Phi) is 10.1. The predicted molar refractivity (Wildman–Crippen MR) is 343 cm³/mol. The van der Waals surface area contributed by atoms with Crippen molar-refractivity contribution in [1.29, 1.82) is 0 Å². The van der Waals surface area contributed by atoms with Gasteiger partial charge >= 0.3 is 0 Å². The number of hydrogen-bond acceptors (Lipinski definition) is 3. The molecule has 0 saturated carbocycles. The zero-order valence-corrected chi connectivity index (χ0v) is 46.5. The van der Waals surface area contributed by atoms with Gasteiger partial charge in [0.05, 0.1) is 16.2 Å². The summed E-state index contributed by atoms with van der Waals surface area (Å²) in [4.78, 5) is 5.12. The van der Waals surface area contributed by atoms with Crippen LogP contribution in [0.15, 0.2) is 319 Å². The first-order valence-electron chi connectivity index (χ1n) is 29.1. The van der Waals surface area contributed by atoms with Gasteiger partial charge in [-0.25, -0.2) is 0 Å². The molecule has 18 rings (SSSR count). The lowest BCUT2D eigenvalue weighted by Crippen LogP contribution is -2.32. The van der Waals surface area contributed by atoms with E-state index in [0.717, 1.165) is 45.3 Å². The van der Waals surface area contributed by atoms with Crippen molar-refractivity contribution in [2.45, 2.75) is 26.0 Å². The van der Waals surface area contributed by atoms with Crippen molar-refractivity contribution in [1.82, 2.24) is 0 Å². The lowest BCUT2D eigenvalue weighted by molar-refractivity contribution is 0.436. The Morgan fingerprint density at radius 3 is 1.32 bits per heavy atom. The highest BCUT2D eigenvalue weighted by Gasteiger charge is 2.53. The molecule has 2 aliphatic heterocycles. The minimum absolute atomic E-state index is 0.498. The first kappa shape index (κ1) is 47.4. The van der Waals surface area contributed by atoms with E-state index in [-0.39, 0.29) is 0 Å². The van der Waals surface area contributed by atoms with Gasteiger partial charge < -0.3 is 9.64 Å². The number of benzene rings is 13. The molecule has 2 nitrogen and oxygen atoms in total. The average molecular weight is 1090 g/mol. The zero-order valence-electron chi connectivity index (χ0n) is 45.7. The van der Waals surface area contributed by atoms with Gasteiger partial charge in [-0.1, -0.05) is 260 Å². The highest BCUT2D eigenvalue weighted by Crippen LogP contribution is 2.66. The first-order valence-corrected chi connectivity index (χ1v) is 30.0. The fraction of sp³-hybridized carbons (Fsp3) is 0.0370. The molecule has 5 aliphatic rings. The molecule has 0 radical (unpaired) electrons. The standard InChI is InChI=1S/C81H51NOS/c1-3-24-53(25-4-1)79(54-26-5-2-6-27-54)66-35-12-9-31-62(66)78-58(32-22-40-72(78)79)52-23-21-28-55(49-52)82(56-46-48-67-63(50-56)60-30-8-11-34-65(60)80(67)70-38-15-19-43-76(70)84-77-44-20-16-39-71(77)80)57-45-47-61-59-29-7-10-33-64(59)81(73(61)51-57)68-36-13-17-41-74(68)83-75-42-18-14-37-69(75)81/h1-51H. The second-order valence-electron chi connectivity index (χ2n) is 22.9. The van der Waals surface area contributed by atoms with Gasteiger partial charge in [0, 0.05) is 38.0 Å². The largest absolute Gasteiger partial charge is 0.457 e. The Hall–Kier alpha value is -10.2. The van der Waals surface area contributed by atoms with Crippen LogP contribution in [-0.2, 0) is 16.2 Å². The lowest BCUT2D eigenvalue weighted by atomic mass is 9.66. The summed E-state index contributed by atoms with van der Waals surface area (Å²) in [6, 6.07) is 116. The van der Waals surface area contributed by atoms with Crippen molar-refractivity contribution in [2.75, 3.05) is 4.90 Å². The quantitative estimate of drug-likeness (QED) is 0.165. The van der Waals surface area contributed by atoms with Gasteiger partial charge in [-0.3, -0.25) is 0 Å². The van der Waals surface area contributed by atoms with E-state index >= 15 is 0 Å². The molecule has 84 heavy (non-hydrogen) atoms. The Balaban J connectivity index is 0.893. The molecule has 0 aromatic heterocycles. The van der Waals surface area contributed by atoms with Crippen LogP contribution in [0, 0.1) is 0 Å². The lowest BCUT2D eigenvalue weighted by Gasteiger charge is -2.40. The fourth-order valence-electron chi connectivity index (χ4n) is 16.0. The summed E-state index contributed by atoms with van der Waals surface area (Å²) in [5.41, 5.74) is 26.6. The average Bonchev–Trinajstić information content (AvgIpc) is 2.02. The van der Waals surface area contributed by atoms with Gasteiger partial charge in [0.25, 0.3) is 0 Å². The van der Waals surface area contributed by atoms with Gasteiger partial charge in [0.2, 0.25) is 0 Å². The number of nitrogens with zero attached hydrogens (tertiary/aromatic N) is 1. The first-order chi connectivity index (χ1) is 41.7. The molecule has 2 spiro atoms. The third kappa shape index (κ3) is 6.21. The van der Waals surface area contributed by atoms with E-state index in [4.69, 9.17) is 4.74 Å². The number of anilines is 3. The molecular formula is C81H51NOS. The van der Waals surface area contributed by atoms with Crippen molar-refractivity contribution in [3.05, 3.63) is 376 Å². The highest BCUT2D eigenvalue weighted by atomic mass is 32.2. The maximum Gasteiger partial charge on any atom is 0.132 e. The highest BCUT2D eigenvalue weighted by molar-refractivity contribution is 7.99. The third-order valence-electron chi connectivity index (χ3n) is 19.1. The molecule has 2 heterocycles. The summed E-state index contributed by atoms with van der Waals surface area (Å²) in [6.45, 7) is 0. The molecule has 0 fully saturated rings. The van der Waals surface area contributed by atoms with Gasteiger partial charge in [0.1, 0.15) is 11.5 Å². The van der Waals surface area contributed by atoms with E-state index in [2.05, 4.69) is 314 Å². The summed E-state index contributed by atoms with van der Waals surface area (Å²) in [5.74, 6) is 1.76. The molecule has 13 aromatic rings. The Morgan fingerprint density at radius 1 is 0.250 bits per heavy atom. The van der Waals surface area contributed by atoms with Gasteiger partial charge in [-0.2, -0.15) is 0 Å². The second kappa shape index (κ2) is 17.9. The Bertz CT molecular complexity index is 4750. The van der Waals surface area contributed by atoms with Crippen molar-refractivity contribution in [3.63, 3.8) is 0 Å². The van der Waals surface area contributed by atoms with E-state index in [0.29, 0.717) is 0 Å². The number of para-hydroxylation sites is 2. The van der Waals surface area contributed by atoms with E-state index in [1.165, 1.54) is 104 Å². The van der Waals surface area contributed by atoms with Crippen LogP contribution in [0.2, 0.25) is 0 Å². The molecule has 0 bridgehead atoms. The van der Waals surface area contributed by atoms with Crippen LogP contribution >= 0.6 is 11.8 Å². The molecule has 0 amide bonds. The molecule has 0 atom stereocenters. The molecule has 0 unspecified atom stereocenters. The molecular weight excluding hydrogens is 1030 g/mol. The Labute approximate surface area is 493 Å². The minimum Gasteiger partial charge on any atom is -0.457 e. The van der Waals surface area contributed by atoms with Gasteiger partial charge in [-0.15, -0.1) is 0 Å². The number of fused-ring (bicyclic) bond motifs is 21. The van der Waals surface area contributed by atoms with Gasteiger partial charge in [-0.05, 0) is 161 Å². The fourth-order valence-corrected chi connectivity index (χ4v) is 17.2. The van der Waals surface area contributed by atoms with E-state index in [9.17, 15) is 0 Å². The molecule has 3 aliphatic carbocycles. The van der Waals surface area contributed by atoms with E-state index < -0.39 is 16.2 Å². The predicted octanol–water partition coefficient (Wildman–Crippen LogP) is 20.5. The molecule has 0 N–H and O–H groups in total. The maximum atomic E-state index is 6.83. The maximum absolute atomic E-state index is 6.83. The molecule has 392 valence electrons. The normalized spacial score (nSPS) is 14.8. The van der Waals surface area contributed by atoms with E-state index in [1.807, 2.05) is 11.8 Å². The van der Waals surface area contributed by atoms with Gasteiger partial charge in [0.15, 0.2) is 0 Å². The Morgan fingerprint density at radius 2 is 0.679 bits per heavy atom. The zero-order chi connectivity index (χ0) is 55.1. The second-order valence-corrected chi connectivity index (χ2v) is 24.0. The SMILES string of the molecule is c1ccc(C2(c3ccccc3)c3ccccc3-c3c(-c4cccc(N(c5ccc6c(c5)-c5ccccc5C65c6ccccc6Sc6ccccc65)c5ccc6c(c5)C5(c7ccccc7Oc7ccccc75)c5ccccc5-6)c4)cccc32)cc1. The minimum atomic E-state index is -0.647. The molecule has 3 heteroatoms. The number of ether oxygens (including phenoxy) is 1. The van der Waals surface area contributed by atoms with Crippen molar-refractivity contribution < 1.29 is 4.74 Å². The molecule has 0 saturated heterocycles. The van der Waals surface area contributed by atoms with E-state index in [1.54, 1.807) is 0 Å². The topological polar surface area (TPSA) is 12.5 Å². The monoisotopic (exact) mass is 1090 g/mol. The van der Waals surface area contributed by atoms with Crippen LogP contribution in [0.5, 0.6) is 11.5 Å². The van der Waals surface area contributed by atoms with Crippen molar-refractivity contribution >= 4 is 28.8 Å². The van der Waals surface area contributed by atoms with Crippen LogP contribution in [0.1, 0.15) is 66.8 Å². The number of rotatable bonds is 6. The smallest absolute Gasteiger partial charge is 0.132 e. The third-order valence-corrected chi connectivity index (χ3v) is 20.2. The number of hydrogen-bond donors (Lipinski definition) is 0. The summed E-state index contributed by atoms with van der Waals surface area (Å²) in [5, 5.41) is 0. The van der Waals surface area contributed by atoms with Crippen LogP contribution in [0.25, 0.3) is 44.5 Å².